The molecule has 5 heterocycles. The lowest BCUT2D eigenvalue weighted by Gasteiger charge is -2.57. The Morgan fingerprint density at radius 1 is 1.19 bits per heavy atom. The zero-order chi connectivity index (χ0) is 22.0. The normalized spacial score (nSPS) is 23.6. The lowest BCUT2D eigenvalue weighted by molar-refractivity contribution is -0.126. The van der Waals surface area contributed by atoms with Crippen molar-refractivity contribution < 1.29 is 13.2 Å². The molecule has 1 atom stereocenters. The summed E-state index contributed by atoms with van der Waals surface area (Å²) in [5, 5.41) is 0.762. The molecule has 0 N–H and O–H groups in total. The van der Waals surface area contributed by atoms with Gasteiger partial charge in [-0.05, 0) is 25.5 Å². The Kier molecular flexibility index (Phi) is 5.22. The van der Waals surface area contributed by atoms with Gasteiger partial charge in [0.05, 0.1) is 11.8 Å². The standard InChI is InChI=1S/C22H30F3N5S/c1-14(2)18(15-8-28(3)9-15)30-11-21(12-30)4-5-29(10-21)19-17-6-16(7-22(23,24)25)31-20(17)27-13-26-19/h6,13-15,18H,4-5,7-12H2,1-3H3. The summed E-state index contributed by atoms with van der Waals surface area (Å²) < 4.78 is 38.5. The van der Waals surface area contributed by atoms with Gasteiger partial charge in [-0.25, -0.2) is 9.97 Å². The predicted octanol–water partition coefficient (Wildman–Crippen LogP) is 3.89. The number of likely N-dealkylation sites (tertiary alicyclic amines) is 2. The van der Waals surface area contributed by atoms with E-state index in [1.165, 1.54) is 19.4 Å². The molecule has 3 saturated heterocycles. The van der Waals surface area contributed by atoms with E-state index in [0.717, 1.165) is 61.1 Å². The topological polar surface area (TPSA) is 35.5 Å². The summed E-state index contributed by atoms with van der Waals surface area (Å²) >= 11 is 1.13. The van der Waals surface area contributed by atoms with Crippen molar-refractivity contribution in [1.82, 2.24) is 19.8 Å². The fourth-order valence-corrected chi connectivity index (χ4v) is 7.08. The molecule has 0 radical (unpaired) electrons. The maximum Gasteiger partial charge on any atom is 0.393 e. The van der Waals surface area contributed by atoms with E-state index in [9.17, 15) is 13.2 Å². The van der Waals surface area contributed by atoms with Gasteiger partial charge in [-0.15, -0.1) is 11.3 Å². The second kappa shape index (κ2) is 7.56. The van der Waals surface area contributed by atoms with Crippen LogP contribution in [0.1, 0.15) is 25.1 Å². The first-order valence-corrected chi connectivity index (χ1v) is 11.9. The molecular formula is C22H30F3N5S. The van der Waals surface area contributed by atoms with Gasteiger partial charge in [-0.3, -0.25) is 4.90 Å². The first kappa shape index (κ1) is 21.4. The first-order chi connectivity index (χ1) is 14.6. The molecule has 3 aliphatic rings. The van der Waals surface area contributed by atoms with Crippen LogP contribution in [-0.4, -0.2) is 78.3 Å². The van der Waals surface area contributed by atoms with Gasteiger partial charge in [0.15, 0.2) is 0 Å². The quantitative estimate of drug-likeness (QED) is 0.686. The van der Waals surface area contributed by atoms with Crippen molar-refractivity contribution in [1.29, 1.82) is 0 Å². The summed E-state index contributed by atoms with van der Waals surface area (Å²) in [5.74, 6) is 2.21. The zero-order valence-corrected chi connectivity index (χ0v) is 19.1. The molecule has 0 saturated carbocycles. The van der Waals surface area contributed by atoms with Crippen molar-refractivity contribution in [2.75, 3.05) is 51.2 Å². The second-order valence-electron chi connectivity index (χ2n) is 10.2. The van der Waals surface area contributed by atoms with E-state index in [1.807, 2.05) is 0 Å². The molecule has 31 heavy (non-hydrogen) atoms. The van der Waals surface area contributed by atoms with Gasteiger partial charge in [0, 0.05) is 61.5 Å². The number of halogens is 3. The summed E-state index contributed by atoms with van der Waals surface area (Å²) in [5.41, 5.74) is 0.283. The van der Waals surface area contributed by atoms with Crippen molar-refractivity contribution in [2.24, 2.45) is 17.3 Å². The van der Waals surface area contributed by atoms with E-state index in [2.05, 4.69) is 45.6 Å². The largest absolute Gasteiger partial charge is 0.393 e. The Balaban J connectivity index is 1.29. The van der Waals surface area contributed by atoms with Crippen LogP contribution in [0.4, 0.5) is 19.0 Å². The monoisotopic (exact) mass is 453 g/mol. The van der Waals surface area contributed by atoms with Crippen LogP contribution in [0.5, 0.6) is 0 Å². The molecule has 5 rings (SSSR count). The van der Waals surface area contributed by atoms with E-state index in [4.69, 9.17) is 0 Å². The SMILES string of the molecule is CC(C)C(C1CN(C)C1)N1CC2(CCN(c3ncnc4sc(CC(F)(F)F)cc34)C2)C1. The molecule has 3 aliphatic heterocycles. The number of thiophene rings is 1. The highest BCUT2D eigenvalue weighted by molar-refractivity contribution is 7.18. The molecule has 2 aromatic rings. The molecule has 0 amide bonds. The number of nitrogens with zero attached hydrogens (tertiary/aromatic N) is 5. The van der Waals surface area contributed by atoms with Gasteiger partial charge >= 0.3 is 6.18 Å². The third-order valence-electron chi connectivity index (χ3n) is 7.23. The Bertz CT molecular complexity index is 946. The van der Waals surface area contributed by atoms with Crippen molar-refractivity contribution in [2.45, 2.75) is 38.9 Å². The van der Waals surface area contributed by atoms with Crippen molar-refractivity contribution in [3.8, 4) is 0 Å². The fourth-order valence-electron chi connectivity index (χ4n) is 6.06. The first-order valence-electron chi connectivity index (χ1n) is 11.1. The van der Waals surface area contributed by atoms with Gasteiger partial charge in [0.2, 0.25) is 0 Å². The zero-order valence-electron chi connectivity index (χ0n) is 18.3. The number of rotatable bonds is 5. The van der Waals surface area contributed by atoms with E-state index in [0.29, 0.717) is 21.7 Å². The molecule has 0 bridgehead atoms. The minimum atomic E-state index is -4.20. The van der Waals surface area contributed by atoms with E-state index in [-0.39, 0.29) is 5.41 Å². The summed E-state index contributed by atoms with van der Waals surface area (Å²) in [7, 11) is 2.19. The summed E-state index contributed by atoms with van der Waals surface area (Å²) in [4.78, 5) is 17.0. The van der Waals surface area contributed by atoms with E-state index in [1.54, 1.807) is 6.07 Å². The van der Waals surface area contributed by atoms with Crippen molar-refractivity contribution in [3.05, 3.63) is 17.3 Å². The predicted molar refractivity (Wildman–Crippen MR) is 118 cm³/mol. The Morgan fingerprint density at radius 2 is 1.94 bits per heavy atom. The maximum atomic E-state index is 12.8. The number of fused-ring (bicyclic) bond motifs is 1. The van der Waals surface area contributed by atoms with Gasteiger partial charge in [0.25, 0.3) is 0 Å². The lowest BCUT2D eigenvalue weighted by Crippen LogP contribution is -2.67. The molecule has 0 aromatic carbocycles. The van der Waals surface area contributed by atoms with Gasteiger partial charge < -0.3 is 9.80 Å². The average molecular weight is 454 g/mol. The van der Waals surface area contributed by atoms with Crippen LogP contribution in [0.2, 0.25) is 0 Å². The molecule has 1 spiro atoms. The molecule has 1 unspecified atom stereocenters. The smallest absolute Gasteiger partial charge is 0.355 e. The number of anilines is 1. The summed E-state index contributed by atoms with van der Waals surface area (Å²) in [6, 6.07) is 2.28. The highest BCUT2D eigenvalue weighted by atomic mass is 32.1. The Hall–Kier alpha value is -1.45. The number of aromatic nitrogens is 2. The summed E-state index contributed by atoms with van der Waals surface area (Å²) in [6.45, 7) is 11.1. The molecule has 5 nitrogen and oxygen atoms in total. The van der Waals surface area contributed by atoms with Gasteiger partial charge in [-0.1, -0.05) is 13.8 Å². The minimum absolute atomic E-state index is 0.283. The summed E-state index contributed by atoms with van der Waals surface area (Å²) in [6.07, 6.45) is -2.50. The van der Waals surface area contributed by atoms with E-state index >= 15 is 0 Å². The number of alkyl halides is 3. The third kappa shape index (κ3) is 4.04. The third-order valence-corrected chi connectivity index (χ3v) is 8.27. The van der Waals surface area contributed by atoms with Crippen LogP contribution >= 0.6 is 11.3 Å². The molecule has 0 aliphatic carbocycles. The highest BCUT2D eigenvalue weighted by Gasteiger charge is 2.52. The van der Waals surface area contributed by atoms with Crippen LogP contribution in [-0.2, 0) is 6.42 Å². The van der Waals surface area contributed by atoms with Crippen LogP contribution in [0.15, 0.2) is 12.4 Å². The number of hydrogen-bond donors (Lipinski definition) is 0. The van der Waals surface area contributed by atoms with Gasteiger partial charge in [0.1, 0.15) is 17.0 Å². The van der Waals surface area contributed by atoms with Crippen molar-refractivity contribution in [3.63, 3.8) is 0 Å². The Morgan fingerprint density at radius 3 is 2.58 bits per heavy atom. The van der Waals surface area contributed by atoms with Crippen LogP contribution < -0.4 is 4.90 Å². The molecular weight excluding hydrogens is 423 g/mol. The van der Waals surface area contributed by atoms with Gasteiger partial charge in [-0.2, -0.15) is 13.2 Å². The fraction of sp³-hybridized carbons (Fsp3) is 0.727. The second-order valence-corrected chi connectivity index (χ2v) is 11.3. The molecule has 9 heteroatoms. The van der Waals surface area contributed by atoms with Crippen LogP contribution in [0.25, 0.3) is 10.2 Å². The van der Waals surface area contributed by atoms with E-state index < -0.39 is 12.6 Å². The highest BCUT2D eigenvalue weighted by Crippen LogP contribution is 2.45. The van der Waals surface area contributed by atoms with Crippen LogP contribution in [0.3, 0.4) is 0 Å². The minimum Gasteiger partial charge on any atom is -0.355 e. The molecule has 3 fully saturated rings. The maximum absolute atomic E-state index is 12.8. The number of hydrogen-bond acceptors (Lipinski definition) is 6. The average Bonchev–Trinajstić information content (AvgIpc) is 3.21. The molecule has 170 valence electrons. The van der Waals surface area contributed by atoms with Crippen molar-refractivity contribution >= 4 is 27.4 Å². The Labute approximate surface area is 185 Å². The lowest BCUT2D eigenvalue weighted by atomic mass is 9.74. The van der Waals surface area contributed by atoms with Crippen LogP contribution in [0, 0.1) is 17.3 Å². The molecule has 2 aromatic heterocycles.